The van der Waals surface area contributed by atoms with Gasteiger partial charge in [-0.15, -0.1) is 0 Å². The first-order valence-electron chi connectivity index (χ1n) is 11.2. The van der Waals surface area contributed by atoms with Gasteiger partial charge >= 0.3 is 0 Å². The molecule has 3 aromatic rings. The van der Waals surface area contributed by atoms with Crippen LogP contribution in [0.1, 0.15) is 17.5 Å². The highest BCUT2D eigenvalue weighted by molar-refractivity contribution is 6.41. The summed E-state index contributed by atoms with van der Waals surface area (Å²) in [5.74, 6) is 2.06. The molecule has 0 aliphatic carbocycles. The number of hydrogen-bond donors (Lipinski definition) is 2. The summed E-state index contributed by atoms with van der Waals surface area (Å²) in [6.45, 7) is 3.57. The van der Waals surface area contributed by atoms with Crippen LogP contribution in [0.4, 0.5) is 17.5 Å². The van der Waals surface area contributed by atoms with Gasteiger partial charge in [0.05, 0.1) is 44.8 Å². The Bertz CT molecular complexity index is 1250. The van der Waals surface area contributed by atoms with Crippen LogP contribution in [0.5, 0.6) is 11.5 Å². The maximum absolute atomic E-state index is 6.75. The highest BCUT2D eigenvalue weighted by Gasteiger charge is 2.32. The van der Waals surface area contributed by atoms with E-state index in [1.807, 2.05) is 17.9 Å². The topological polar surface area (TPSA) is 108 Å². The molecule has 3 N–H and O–H groups in total. The van der Waals surface area contributed by atoms with E-state index < -0.39 is 0 Å². The van der Waals surface area contributed by atoms with Crippen molar-refractivity contribution < 1.29 is 14.2 Å². The quantitative estimate of drug-likeness (QED) is 0.511. The van der Waals surface area contributed by atoms with Crippen molar-refractivity contribution in [3.63, 3.8) is 0 Å². The summed E-state index contributed by atoms with van der Waals surface area (Å²) in [7, 11) is 3.09. The molecule has 0 amide bonds. The molecule has 2 atom stereocenters. The average molecular weight is 517 g/mol. The second-order valence-electron chi connectivity index (χ2n) is 8.57. The second kappa shape index (κ2) is 9.66. The number of nitrogens with zero attached hydrogens (tertiary/aromatic N) is 4. The minimum atomic E-state index is -0.0566. The number of halogens is 2. The lowest BCUT2D eigenvalue weighted by atomic mass is 10.0. The third-order valence-electron chi connectivity index (χ3n) is 6.25. The van der Waals surface area contributed by atoms with Crippen molar-refractivity contribution >= 4 is 40.7 Å². The average Bonchev–Trinajstić information content (AvgIpc) is 2.86. The molecule has 1 fully saturated rings. The van der Waals surface area contributed by atoms with Gasteiger partial charge in [-0.2, -0.15) is 0 Å². The van der Waals surface area contributed by atoms with Crippen molar-refractivity contribution in [2.24, 2.45) is 5.73 Å². The van der Waals surface area contributed by atoms with E-state index in [1.54, 1.807) is 32.7 Å². The molecule has 0 radical (unpaired) electrons. The first-order valence-corrected chi connectivity index (χ1v) is 12.0. The number of aryl methyl sites for hydroxylation is 1. The molecule has 0 unspecified atom stereocenters. The number of anilines is 3. The Labute approximate surface area is 213 Å². The Kier molecular flexibility index (Phi) is 6.59. The van der Waals surface area contributed by atoms with E-state index in [4.69, 9.17) is 53.1 Å². The van der Waals surface area contributed by atoms with Gasteiger partial charge in [0.1, 0.15) is 27.4 Å². The molecule has 4 heterocycles. The summed E-state index contributed by atoms with van der Waals surface area (Å²) in [5, 5.41) is 4.06. The zero-order valence-electron chi connectivity index (χ0n) is 19.6. The molecule has 5 rings (SSSR count). The van der Waals surface area contributed by atoms with Crippen LogP contribution in [0.3, 0.4) is 0 Å². The molecule has 0 bridgehead atoms. The predicted molar refractivity (Wildman–Crippen MR) is 136 cm³/mol. The van der Waals surface area contributed by atoms with Crippen molar-refractivity contribution in [3.05, 3.63) is 45.7 Å². The third kappa shape index (κ3) is 4.33. The number of ether oxygens (including phenoxy) is 3. The molecule has 2 aromatic heterocycles. The van der Waals surface area contributed by atoms with Gasteiger partial charge in [-0.25, -0.2) is 15.0 Å². The predicted octanol–water partition coefficient (Wildman–Crippen LogP) is 4.35. The van der Waals surface area contributed by atoms with Gasteiger partial charge in [-0.3, -0.25) is 0 Å². The maximum Gasteiger partial charge on any atom is 0.223 e. The van der Waals surface area contributed by atoms with Crippen LogP contribution >= 0.6 is 23.2 Å². The second-order valence-corrected chi connectivity index (χ2v) is 9.33. The van der Waals surface area contributed by atoms with E-state index in [0.717, 1.165) is 28.8 Å². The van der Waals surface area contributed by atoms with Gasteiger partial charge in [-0.1, -0.05) is 23.2 Å². The SMILES string of the molecule is COc1cc(OC)c(Cl)c(N2Cc3cnc(N[C@@H]4COCC[C@@H]4N)nc3-c3cc(C)cnc32)c1Cl. The smallest absolute Gasteiger partial charge is 0.223 e. The van der Waals surface area contributed by atoms with E-state index in [-0.39, 0.29) is 12.1 Å². The van der Waals surface area contributed by atoms with E-state index in [9.17, 15) is 0 Å². The van der Waals surface area contributed by atoms with Crippen LogP contribution in [-0.2, 0) is 11.3 Å². The molecule has 11 heteroatoms. The highest BCUT2D eigenvalue weighted by Crippen LogP contribution is 2.51. The largest absolute Gasteiger partial charge is 0.495 e. The number of methoxy groups -OCH3 is 2. The fourth-order valence-corrected chi connectivity index (χ4v) is 5.09. The van der Waals surface area contributed by atoms with Gasteiger partial charge < -0.3 is 30.2 Å². The number of hydrogen-bond acceptors (Lipinski definition) is 9. The molecule has 1 saturated heterocycles. The molecular weight excluding hydrogens is 491 g/mol. The summed E-state index contributed by atoms with van der Waals surface area (Å²) < 4.78 is 16.5. The van der Waals surface area contributed by atoms with Crippen LogP contribution in [0, 0.1) is 6.92 Å². The number of nitrogens with two attached hydrogens (primary N) is 1. The van der Waals surface area contributed by atoms with Gasteiger partial charge in [0, 0.05) is 42.2 Å². The molecule has 2 aliphatic rings. The number of rotatable bonds is 5. The summed E-state index contributed by atoms with van der Waals surface area (Å²) in [5.41, 5.74) is 10.3. The van der Waals surface area contributed by atoms with Gasteiger partial charge in [0.15, 0.2) is 0 Å². The van der Waals surface area contributed by atoms with Crippen molar-refractivity contribution in [2.75, 3.05) is 37.7 Å². The van der Waals surface area contributed by atoms with Crippen molar-refractivity contribution in [1.82, 2.24) is 15.0 Å². The van der Waals surface area contributed by atoms with Crippen LogP contribution in [-0.4, -0.2) is 54.5 Å². The monoisotopic (exact) mass is 516 g/mol. The molecule has 9 nitrogen and oxygen atoms in total. The zero-order chi connectivity index (χ0) is 24.7. The Hall–Kier alpha value is -2.85. The van der Waals surface area contributed by atoms with Crippen LogP contribution in [0.15, 0.2) is 24.5 Å². The van der Waals surface area contributed by atoms with Gasteiger partial charge in [0.25, 0.3) is 0 Å². The Morgan fingerprint density at radius 3 is 2.54 bits per heavy atom. The third-order valence-corrected chi connectivity index (χ3v) is 6.98. The number of nitrogens with one attached hydrogen (secondary N) is 1. The Morgan fingerprint density at radius 2 is 1.86 bits per heavy atom. The summed E-state index contributed by atoms with van der Waals surface area (Å²) in [4.78, 5) is 16.1. The molecule has 0 saturated carbocycles. The molecule has 1 aromatic carbocycles. The fraction of sp³-hybridized carbons (Fsp3) is 0.375. The number of pyridine rings is 1. The van der Waals surface area contributed by atoms with E-state index in [0.29, 0.717) is 58.8 Å². The number of benzene rings is 1. The van der Waals surface area contributed by atoms with E-state index >= 15 is 0 Å². The van der Waals surface area contributed by atoms with Crippen molar-refractivity contribution in [3.8, 4) is 22.8 Å². The van der Waals surface area contributed by atoms with Crippen molar-refractivity contribution in [2.45, 2.75) is 32.0 Å². The summed E-state index contributed by atoms with van der Waals surface area (Å²) in [6.07, 6.45) is 4.39. The van der Waals surface area contributed by atoms with E-state index in [1.165, 1.54) is 0 Å². The normalized spacial score (nSPS) is 19.1. The Morgan fingerprint density at radius 1 is 1.11 bits per heavy atom. The zero-order valence-corrected chi connectivity index (χ0v) is 21.2. The fourth-order valence-electron chi connectivity index (χ4n) is 4.39. The van der Waals surface area contributed by atoms with Crippen LogP contribution < -0.4 is 25.4 Å². The molecule has 0 spiro atoms. The van der Waals surface area contributed by atoms with Crippen LogP contribution in [0.25, 0.3) is 11.3 Å². The lowest BCUT2D eigenvalue weighted by molar-refractivity contribution is 0.0766. The summed E-state index contributed by atoms with van der Waals surface area (Å²) in [6, 6.07) is 3.62. The molecular formula is C24H26Cl2N6O3. The summed E-state index contributed by atoms with van der Waals surface area (Å²) >= 11 is 13.5. The molecule has 184 valence electrons. The van der Waals surface area contributed by atoms with Gasteiger partial charge in [-0.05, 0) is 25.0 Å². The molecule has 35 heavy (non-hydrogen) atoms. The number of aromatic nitrogens is 3. The van der Waals surface area contributed by atoms with Crippen LogP contribution in [0.2, 0.25) is 10.0 Å². The highest BCUT2D eigenvalue weighted by atomic mass is 35.5. The maximum atomic E-state index is 6.75. The number of fused-ring (bicyclic) bond motifs is 3. The standard InChI is InChI=1S/C24H26Cl2N6O3/c1-12-6-14-21-13(9-29-24(31-21)30-16-11-35-5-4-15(16)27)10-32(23(14)28-8-12)22-19(25)17(33-2)7-18(34-3)20(22)26/h6-9,15-16H,4-5,10-11,27H2,1-3H3,(H,29,30,31)/t15-,16+/m0/s1. The Balaban J connectivity index is 1.60. The van der Waals surface area contributed by atoms with E-state index in [2.05, 4.69) is 10.3 Å². The lowest BCUT2D eigenvalue weighted by Crippen LogP contribution is -2.47. The molecule has 2 aliphatic heterocycles. The van der Waals surface area contributed by atoms with Gasteiger partial charge in [0.2, 0.25) is 5.95 Å². The minimum Gasteiger partial charge on any atom is -0.495 e. The van der Waals surface area contributed by atoms with Crippen molar-refractivity contribution in [1.29, 1.82) is 0 Å². The lowest BCUT2D eigenvalue weighted by Gasteiger charge is -2.33. The first-order chi connectivity index (χ1) is 16.9. The minimum absolute atomic E-state index is 0.0256. The first kappa shape index (κ1) is 23.9.